The van der Waals surface area contributed by atoms with Gasteiger partial charge in [0.25, 0.3) is 5.91 Å². The SMILES string of the molecule is COc1ccccc1-c1c[nH]c2ncc(-c3cc(C(=O)N(C)CCN(C)C)c(O)c(C(C)C)c3)cc12. The molecule has 0 radical (unpaired) electrons. The highest BCUT2D eigenvalue weighted by atomic mass is 16.5. The van der Waals surface area contributed by atoms with E-state index in [9.17, 15) is 9.90 Å². The van der Waals surface area contributed by atoms with Crippen LogP contribution in [-0.4, -0.2) is 72.1 Å². The van der Waals surface area contributed by atoms with Crippen molar-refractivity contribution in [3.05, 3.63) is 66.0 Å². The Morgan fingerprint density at radius 1 is 1.06 bits per heavy atom. The first-order chi connectivity index (χ1) is 17.2. The number of phenolic OH excluding ortho intramolecular Hbond substituents is 1. The highest BCUT2D eigenvalue weighted by molar-refractivity contribution is 6.00. The number of pyridine rings is 1. The van der Waals surface area contributed by atoms with Crippen molar-refractivity contribution >= 4 is 16.9 Å². The van der Waals surface area contributed by atoms with Gasteiger partial charge in [-0.3, -0.25) is 4.79 Å². The van der Waals surface area contributed by atoms with Crippen LogP contribution in [0.5, 0.6) is 11.5 Å². The van der Waals surface area contributed by atoms with Crippen molar-refractivity contribution in [2.75, 3.05) is 41.3 Å². The number of nitrogens with one attached hydrogen (secondary N) is 1. The zero-order valence-electron chi connectivity index (χ0n) is 21.8. The van der Waals surface area contributed by atoms with Gasteiger partial charge in [-0.1, -0.05) is 32.0 Å². The molecule has 0 spiro atoms. The first-order valence-electron chi connectivity index (χ1n) is 12.1. The molecule has 2 N–H and O–H groups in total. The summed E-state index contributed by atoms with van der Waals surface area (Å²) in [6, 6.07) is 13.7. The molecule has 1 amide bonds. The van der Waals surface area contributed by atoms with Crippen molar-refractivity contribution in [3.8, 4) is 33.8 Å². The van der Waals surface area contributed by atoms with Crippen LogP contribution >= 0.6 is 0 Å². The van der Waals surface area contributed by atoms with Crippen LogP contribution in [0.4, 0.5) is 0 Å². The maximum atomic E-state index is 13.3. The van der Waals surface area contributed by atoms with E-state index in [-0.39, 0.29) is 17.6 Å². The fourth-order valence-electron chi connectivity index (χ4n) is 4.34. The van der Waals surface area contributed by atoms with Gasteiger partial charge in [0.05, 0.1) is 12.7 Å². The minimum atomic E-state index is -0.205. The predicted octanol–water partition coefficient (Wildman–Crippen LogP) is 5.37. The zero-order chi connectivity index (χ0) is 26.0. The standard InChI is InChI=1S/C29H34N4O3/c1-18(2)22-13-19(14-24(27(22)34)29(35)33(5)12-11-32(3)4)20-15-23-25(17-31-28(23)30-16-20)21-9-7-8-10-26(21)36-6/h7-10,13-18,34H,11-12H2,1-6H3,(H,30,31). The van der Waals surface area contributed by atoms with Gasteiger partial charge in [0, 0.05) is 54.6 Å². The van der Waals surface area contributed by atoms with Gasteiger partial charge in [-0.05, 0) is 55.4 Å². The molecule has 0 aliphatic heterocycles. The summed E-state index contributed by atoms with van der Waals surface area (Å²) in [5.41, 5.74) is 5.46. The molecule has 0 aliphatic rings. The molecule has 0 atom stereocenters. The molecule has 4 rings (SSSR count). The summed E-state index contributed by atoms with van der Waals surface area (Å²) in [5, 5.41) is 12.0. The van der Waals surface area contributed by atoms with Gasteiger partial charge in [-0.15, -0.1) is 0 Å². The Bertz CT molecular complexity index is 1390. The molecule has 2 aromatic carbocycles. The van der Waals surface area contributed by atoms with Crippen molar-refractivity contribution in [3.63, 3.8) is 0 Å². The summed E-state index contributed by atoms with van der Waals surface area (Å²) >= 11 is 0. The third-order valence-electron chi connectivity index (χ3n) is 6.48. The van der Waals surface area contributed by atoms with Crippen LogP contribution in [0.25, 0.3) is 33.3 Å². The van der Waals surface area contributed by atoms with E-state index in [0.29, 0.717) is 12.1 Å². The molecule has 2 aromatic heterocycles. The van der Waals surface area contributed by atoms with Gasteiger partial charge < -0.3 is 24.6 Å². The number of aromatic hydroxyl groups is 1. The van der Waals surface area contributed by atoms with Crippen LogP contribution in [0.1, 0.15) is 35.7 Å². The smallest absolute Gasteiger partial charge is 0.257 e. The number of aromatic amines is 1. The summed E-state index contributed by atoms with van der Waals surface area (Å²) in [4.78, 5) is 24.9. The second-order valence-corrected chi connectivity index (χ2v) is 9.67. The quantitative estimate of drug-likeness (QED) is 0.350. The first-order valence-corrected chi connectivity index (χ1v) is 12.1. The number of H-pyrrole nitrogens is 1. The molecule has 4 aromatic rings. The molecule has 0 aliphatic carbocycles. The number of hydrogen-bond acceptors (Lipinski definition) is 5. The van der Waals surface area contributed by atoms with Crippen molar-refractivity contribution in [1.29, 1.82) is 0 Å². The monoisotopic (exact) mass is 486 g/mol. The molecule has 36 heavy (non-hydrogen) atoms. The van der Waals surface area contributed by atoms with Crippen LogP contribution < -0.4 is 4.74 Å². The van der Waals surface area contributed by atoms with Crippen LogP contribution in [0.3, 0.4) is 0 Å². The molecule has 0 fully saturated rings. The van der Waals surface area contributed by atoms with Crippen molar-refractivity contribution in [2.45, 2.75) is 19.8 Å². The van der Waals surface area contributed by atoms with E-state index >= 15 is 0 Å². The van der Waals surface area contributed by atoms with Gasteiger partial charge in [0.2, 0.25) is 0 Å². The highest BCUT2D eigenvalue weighted by Crippen LogP contribution is 2.38. The van der Waals surface area contributed by atoms with Gasteiger partial charge >= 0.3 is 0 Å². The van der Waals surface area contributed by atoms with Gasteiger partial charge in [-0.25, -0.2) is 4.98 Å². The van der Waals surface area contributed by atoms with E-state index in [1.165, 1.54) is 0 Å². The first kappa shape index (κ1) is 25.3. The normalized spacial score (nSPS) is 11.4. The maximum Gasteiger partial charge on any atom is 0.257 e. The Labute approximate surface area is 212 Å². The number of carbonyl (C=O) groups is 1. The summed E-state index contributed by atoms with van der Waals surface area (Å²) in [6.45, 7) is 5.32. The largest absolute Gasteiger partial charge is 0.507 e. The minimum Gasteiger partial charge on any atom is -0.507 e. The average Bonchev–Trinajstić information content (AvgIpc) is 3.29. The third-order valence-corrected chi connectivity index (χ3v) is 6.48. The number of methoxy groups -OCH3 is 1. The molecule has 0 saturated carbocycles. The number of aromatic nitrogens is 2. The lowest BCUT2D eigenvalue weighted by Crippen LogP contribution is -2.33. The predicted molar refractivity (Wildman–Crippen MR) is 145 cm³/mol. The number of fused-ring (bicyclic) bond motifs is 1. The Kier molecular flexibility index (Phi) is 7.31. The molecule has 0 saturated heterocycles. The fourth-order valence-corrected chi connectivity index (χ4v) is 4.34. The van der Waals surface area contributed by atoms with E-state index in [4.69, 9.17) is 4.74 Å². The lowest BCUT2D eigenvalue weighted by atomic mass is 9.92. The maximum absolute atomic E-state index is 13.3. The van der Waals surface area contributed by atoms with Crippen LogP contribution in [0.2, 0.25) is 0 Å². The number of ether oxygens (including phenoxy) is 1. The number of phenols is 1. The molecule has 7 nitrogen and oxygen atoms in total. The number of para-hydroxylation sites is 1. The second-order valence-electron chi connectivity index (χ2n) is 9.67. The van der Waals surface area contributed by atoms with Crippen LogP contribution in [0.15, 0.2) is 54.9 Å². The lowest BCUT2D eigenvalue weighted by Gasteiger charge is -2.22. The lowest BCUT2D eigenvalue weighted by molar-refractivity contribution is 0.0783. The summed E-state index contributed by atoms with van der Waals surface area (Å²) in [6.07, 6.45) is 3.73. The summed E-state index contributed by atoms with van der Waals surface area (Å²) in [7, 11) is 7.36. The number of carbonyl (C=O) groups excluding carboxylic acids is 1. The van der Waals surface area contributed by atoms with Gasteiger partial charge in [0.1, 0.15) is 17.1 Å². The number of likely N-dealkylation sites (N-methyl/N-ethyl adjacent to an activating group) is 2. The Hall–Kier alpha value is -3.84. The molecule has 0 bridgehead atoms. The van der Waals surface area contributed by atoms with E-state index < -0.39 is 0 Å². The number of hydrogen-bond donors (Lipinski definition) is 2. The number of amides is 1. The van der Waals surface area contributed by atoms with Crippen molar-refractivity contribution in [1.82, 2.24) is 19.8 Å². The number of benzene rings is 2. The number of rotatable bonds is 8. The van der Waals surface area contributed by atoms with E-state index in [0.717, 1.165) is 51.1 Å². The molecule has 0 unspecified atom stereocenters. The molecule has 7 heteroatoms. The second kappa shape index (κ2) is 10.4. The van der Waals surface area contributed by atoms with Crippen LogP contribution in [-0.2, 0) is 0 Å². The molecular weight excluding hydrogens is 452 g/mol. The summed E-state index contributed by atoms with van der Waals surface area (Å²) in [5.74, 6) is 0.658. The zero-order valence-corrected chi connectivity index (χ0v) is 21.8. The van der Waals surface area contributed by atoms with E-state index in [2.05, 4.69) is 16.0 Å². The molecular formula is C29H34N4O3. The third kappa shape index (κ3) is 4.93. The van der Waals surface area contributed by atoms with Gasteiger partial charge in [0.15, 0.2) is 0 Å². The van der Waals surface area contributed by atoms with E-state index in [1.54, 1.807) is 31.3 Å². The van der Waals surface area contributed by atoms with Crippen molar-refractivity contribution < 1.29 is 14.6 Å². The Morgan fingerprint density at radius 2 is 1.81 bits per heavy atom. The number of nitrogens with zero attached hydrogens (tertiary/aromatic N) is 3. The minimum absolute atomic E-state index is 0.0386. The van der Waals surface area contributed by atoms with E-state index in [1.807, 2.05) is 69.4 Å². The summed E-state index contributed by atoms with van der Waals surface area (Å²) < 4.78 is 5.58. The topological polar surface area (TPSA) is 81.7 Å². The highest BCUT2D eigenvalue weighted by Gasteiger charge is 2.22. The molecule has 2 heterocycles. The Morgan fingerprint density at radius 3 is 2.50 bits per heavy atom. The molecule has 188 valence electrons. The van der Waals surface area contributed by atoms with Gasteiger partial charge in [-0.2, -0.15) is 0 Å². The van der Waals surface area contributed by atoms with Crippen LogP contribution in [0, 0.1) is 0 Å². The van der Waals surface area contributed by atoms with Crippen molar-refractivity contribution in [2.24, 2.45) is 0 Å². The fraction of sp³-hybridized carbons (Fsp3) is 0.310. The Balaban J connectivity index is 1.82. The average molecular weight is 487 g/mol.